The molecule has 13 heteroatoms. The van der Waals surface area contributed by atoms with Crippen LogP contribution in [-0.2, 0) is 28.6 Å². The first-order chi connectivity index (χ1) is 22.7. The maximum Gasteiger partial charge on any atom is 0.405 e. The van der Waals surface area contributed by atoms with Crippen LogP contribution >= 0.6 is 0 Å². The fourth-order valence-electron chi connectivity index (χ4n) is 5.52. The zero-order valence-corrected chi connectivity index (χ0v) is 27.8. The number of ether oxygens (including phenoxy) is 3. The molecule has 2 bridgehead atoms. The average Bonchev–Trinajstić information content (AvgIpc) is 3.04. The highest BCUT2D eigenvalue weighted by Gasteiger charge is 2.34. The average molecular weight is 666 g/mol. The van der Waals surface area contributed by atoms with E-state index in [0.717, 1.165) is 6.08 Å². The number of nitrogens with one attached hydrogen (secondary N) is 2. The number of carbonyl (C=O) groups is 5. The largest absolute Gasteiger partial charge is 0.508 e. The number of carbonyl (C=O) groups excluding carboxylic acids is 5. The van der Waals surface area contributed by atoms with Gasteiger partial charge >= 0.3 is 6.09 Å². The fraction of sp³-hybridized carbons (Fsp3) is 0.400. The van der Waals surface area contributed by atoms with Crippen molar-refractivity contribution in [3.05, 3.63) is 88.3 Å². The topological polar surface area (TPSA) is 204 Å². The number of Topliss-reactive ketones (excluding diaryl/α,β-unsaturated/α-hetero) is 1. The van der Waals surface area contributed by atoms with Crippen LogP contribution < -0.4 is 16.4 Å². The summed E-state index contributed by atoms with van der Waals surface area (Å²) < 4.78 is 16.6. The van der Waals surface area contributed by atoms with Gasteiger partial charge < -0.3 is 40.8 Å². The van der Waals surface area contributed by atoms with E-state index in [1.165, 1.54) is 57.6 Å². The molecule has 0 saturated heterocycles. The number of phenols is 1. The minimum Gasteiger partial charge on any atom is -0.508 e. The molecule has 6 atom stereocenters. The van der Waals surface area contributed by atoms with Crippen molar-refractivity contribution < 1.29 is 48.4 Å². The molecular formula is C35H43N3O10. The molecule has 0 unspecified atom stereocenters. The van der Waals surface area contributed by atoms with Gasteiger partial charge in [-0.05, 0) is 62.4 Å². The zero-order valence-electron chi connectivity index (χ0n) is 27.8. The van der Waals surface area contributed by atoms with Crippen LogP contribution in [0.2, 0.25) is 0 Å². The SMILES string of the molecule is CO[C@H]1/C=C\C=C(/C)C(=O)NC2=CC(=O)C(NC(=O)c3ccc(O)cc3)=C(C[C@@H](C)C[C@H](OC)[C@H](O)[C@@H](C)/C=C(\C)[C@@H]1OC(N)=O)C2=O. The molecular weight excluding hydrogens is 622 g/mol. The van der Waals surface area contributed by atoms with Crippen LogP contribution in [0.15, 0.2) is 82.8 Å². The number of methoxy groups -OCH3 is 2. The second kappa shape index (κ2) is 16.8. The maximum absolute atomic E-state index is 13.8. The second-order valence-electron chi connectivity index (χ2n) is 11.9. The Kier molecular flexibility index (Phi) is 13.2. The van der Waals surface area contributed by atoms with Crippen LogP contribution in [0.25, 0.3) is 0 Å². The van der Waals surface area contributed by atoms with Crippen molar-refractivity contribution in [2.24, 2.45) is 17.6 Å². The number of allylic oxidation sites excluding steroid dienone is 4. The van der Waals surface area contributed by atoms with Gasteiger partial charge in [0.05, 0.1) is 23.6 Å². The Morgan fingerprint density at radius 2 is 1.71 bits per heavy atom. The Balaban J connectivity index is 2.09. The van der Waals surface area contributed by atoms with E-state index in [2.05, 4.69) is 10.6 Å². The molecule has 0 fully saturated rings. The lowest BCUT2D eigenvalue weighted by Crippen LogP contribution is -2.38. The first kappa shape index (κ1) is 37.6. The van der Waals surface area contributed by atoms with Crippen molar-refractivity contribution in [2.75, 3.05) is 14.2 Å². The number of phenolic OH excluding ortho intramolecular Hbond substituents is 1. The standard InChI is InChI=1S/C35H43N3O10/c1-18-14-24-29(38-34(44)22-10-12-23(39)13-11-22)26(40)17-25(31(24)42)37-33(43)19(2)8-7-9-27(46-5)32(48-35(36)45)21(4)16-20(3)30(41)28(15-18)47-6/h7-13,16-18,20,27-28,30,32,39,41H,14-15H2,1-6H3,(H2,36,45)(H,37,43)(H,38,44)/b9-7-,19-8+,21-16+/t18-,20+,27+,28+,30-,32+/m1/s1. The van der Waals surface area contributed by atoms with Crippen LogP contribution in [0.4, 0.5) is 4.79 Å². The van der Waals surface area contributed by atoms with Crippen molar-refractivity contribution in [3.63, 3.8) is 0 Å². The molecule has 0 radical (unpaired) electrons. The lowest BCUT2D eigenvalue weighted by Gasteiger charge is -2.30. The summed E-state index contributed by atoms with van der Waals surface area (Å²) in [4.78, 5) is 65.2. The summed E-state index contributed by atoms with van der Waals surface area (Å²) in [5.74, 6) is -3.65. The summed E-state index contributed by atoms with van der Waals surface area (Å²) in [5, 5.41) is 26.0. The van der Waals surface area contributed by atoms with Crippen molar-refractivity contribution in [1.29, 1.82) is 0 Å². The van der Waals surface area contributed by atoms with Gasteiger partial charge in [0.1, 0.15) is 11.9 Å². The third-order valence-electron chi connectivity index (χ3n) is 8.16. The second-order valence-corrected chi connectivity index (χ2v) is 11.9. The monoisotopic (exact) mass is 665 g/mol. The molecule has 258 valence electrons. The first-order valence-corrected chi connectivity index (χ1v) is 15.3. The molecule has 1 aromatic carbocycles. The van der Waals surface area contributed by atoms with Gasteiger partial charge in [0.2, 0.25) is 11.6 Å². The molecule has 0 saturated carbocycles. The quantitative estimate of drug-likeness (QED) is 0.230. The number of rotatable bonds is 5. The number of benzene rings is 1. The number of primary amides is 1. The van der Waals surface area contributed by atoms with Gasteiger partial charge in [-0.25, -0.2) is 4.79 Å². The summed E-state index contributed by atoms with van der Waals surface area (Å²) in [7, 11) is 2.84. The molecule has 3 amide bonds. The molecule has 0 spiro atoms. The Bertz CT molecular complexity index is 1570. The van der Waals surface area contributed by atoms with Crippen molar-refractivity contribution in [1.82, 2.24) is 10.6 Å². The Hall–Kier alpha value is -4.85. The number of nitrogens with two attached hydrogens (primary N) is 1. The van der Waals surface area contributed by atoms with E-state index in [0.29, 0.717) is 5.57 Å². The Morgan fingerprint density at radius 1 is 1.04 bits per heavy atom. The lowest BCUT2D eigenvalue weighted by molar-refractivity contribution is -0.120. The summed E-state index contributed by atoms with van der Waals surface area (Å²) in [5.41, 5.74) is 5.66. The zero-order chi connectivity index (χ0) is 35.7. The van der Waals surface area contributed by atoms with Gasteiger partial charge in [-0.1, -0.05) is 38.2 Å². The molecule has 1 aliphatic heterocycles. The van der Waals surface area contributed by atoms with Crippen molar-refractivity contribution >= 4 is 29.5 Å². The van der Waals surface area contributed by atoms with Crippen molar-refractivity contribution in [3.8, 4) is 5.75 Å². The van der Waals surface area contributed by atoms with Gasteiger partial charge in [0, 0.05) is 42.9 Å². The molecule has 48 heavy (non-hydrogen) atoms. The molecule has 3 rings (SSSR count). The van der Waals surface area contributed by atoms with Gasteiger partial charge in [-0.2, -0.15) is 0 Å². The predicted molar refractivity (Wildman–Crippen MR) is 175 cm³/mol. The van der Waals surface area contributed by atoms with E-state index in [9.17, 15) is 34.2 Å². The molecule has 2 aliphatic rings. The minimum atomic E-state index is -1.05. The molecule has 1 aromatic rings. The summed E-state index contributed by atoms with van der Waals surface area (Å²) >= 11 is 0. The molecule has 0 aromatic heterocycles. The summed E-state index contributed by atoms with van der Waals surface area (Å²) in [6.45, 7) is 6.76. The van der Waals surface area contributed by atoms with Crippen LogP contribution in [-0.4, -0.2) is 78.3 Å². The highest BCUT2D eigenvalue weighted by atomic mass is 16.6. The van der Waals surface area contributed by atoms with Gasteiger partial charge in [-0.15, -0.1) is 0 Å². The maximum atomic E-state index is 13.8. The molecule has 1 heterocycles. The number of aromatic hydroxyl groups is 1. The number of hydrogen-bond acceptors (Lipinski definition) is 10. The Labute approximate surface area is 279 Å². The van der Waals surface area contributed by atoms with Crippen LogP contribution in [0.5, 0.6) is 5.75 Å². The number of aliphatic hydroxyl groups excluding tert-OH is 1. The number of amides is 3. The van der Waals surface area contributed by atoms with E-state index in [1.54, 1.807) is 32.9 Å². The number of fused-ring (bicyclic) bond motifs is 2. The predicted octanol–water partition coefficient (Wildman–Crippen LogP) is 2.90. The normalized spacial score (nSPS) is 29.1. The number of hydrogen-bond donors (Lipinski definition) is 5. The highest BCUT2D eigenvalue weighted by molar-refractivity contribution is 6.24. The van der Waals surface area contributed by atoms with E-state index < -0.39 is 59.8 Å². The van der Waals surface area contributed by atoms with Crippen molar-refractivity contribution in [2.45, 2.75) is 65.0 Å². The van der Waals surface area contributed by atoms with E-state index in [1.807, 2.05) is 0 Å². The fourth-order valence-corrected chi connectivity index (χ4v) is 5.52. The molecule has 13 nitrogen and oxygen atoms in total. The van der Waals surface area contributed by atoms with Gasteiger partial charge in [0.15, 0.2) is 6.10 Å². The van der Waals surface area contributed by atoms with Crippen LogP contribution in [0.1, 0.15) is 50.9 Å². The third-order valence-corrected chi connectivity index (χ3v) is 8.16. The van der Waals surface area contributed by atoms with Gasteiger partial charge in [-0.3, -0.25) is 19.2 Å². The van der Waals surface area contributed by atoms with E-state index in [4.69, 9.17) is 19.9 Å². The molecule has 6 N–H and O–H groups in total. The third kappa shape index (κ3) is 9.59. The van der Waals surface area contributed by atoms with Crippen LogP contribution in [0, 0.1) is 11.8 Å². The molecule has 1 aliphatic carbocycles. The summed E-state index contributed by atoms with van der Waals surface area (Å²) in [6, 6.07) is 5.36. The number of ketones is 2. The van der Waals surface area contributed by atoms with Gasteiger partial charge in [0.25, 0.3) is 11.8 Å². The smallest absolute Gasteiger partial charge is 0.405 e. The van der Waals surface area contributed by atoms with E-state index >= 15 is 0 Å². The van der Waals surface area contributed by atoms with Crippen LogP contribution in [0.3, 0.4) is 0 Å². The first-order valence-electron chi connectivity index (χ1n) is 15.3. The number of aliphatic hydroxyl groups is 1. The highest BCUT2D eigenvalue weighted by Crippen LogP contribution is 2.29. The minimum absolute atomic E-state index is 0.0135. The Morgan fingerprint density at radius 3 is 2.31 bits per heavy atom. The summed E-state index contributed by atoms with van der Waals surface area (Å²) in [6.07, 6.45) is 2.80. The lowest BCUT2D eigenvalue weighted by atomic mass is 9.85. The van der Waals surface area contributed by atoms with E-state index in [-0.39, 0.29) is 52.6 Å².